The van der Waals surface area contributed by atoms with Crippen LogP contribution >= 0.6 is 12.2 Å². The normalized spacial score (nSPS) is 11.4. The van der Waals surface area contributed by atoms with Gasteiger partial charge in [0.15, 0.2) is 5.65 Å². The number of nitrogens with zero attached hydrogens (tertiary/aromatic N) is 2. The maximum atomic E-state index is 5.68. The average Bonchev–Trinajstić information content (AvgIpc) is 2.69. The highest BCUT2D eigenvalue weighted by atomic mass is 32.1. The molecule has 2 aromatic heterocycles. The summed E-state index contributed by atoms with van der Waals surface area (Å²) in [5.41, 5.74) is 3.90. The quantitative estimate of drug-likeness (QED) is 0.649. The van der Waals surface area contributed by atoms with Crippen molar-refractivity contribution in [2.24, 2.45) is 0 Å². The molecule has 0 saturated heterocycles. The van der Waals surface area contributed by atoms with Gasteiger partial charge in [0.05, 0.1) is 11.1 Å². The number of hydrogen-bond acceptors (Lipinski definition) is 3. The van der Waals surface area contributed by atoms with Crippen LogP contribution in [0.5, 0.6) is 0 Å². The first-order chi connectivity index (χ1) is 8.72. The van der Waals surface area contributed by atoms with E-state index in [4.69, 9.17) is 21.6 Å². The van der Waals surface area contributed by atoms with E-state index in [0.717, 1.165) is 40.8 Å². The van der Waals surface area contributed by atoms with E-state index in [0.29, 0.717) is 4.84 Å². The van der Waals surface area contributed by atoms with Crippen LogP contribution in [0.25, 0.3) is 16.6 Å². The van der Waals surface area contributed by atoms with Crippen LogP contribution in [-0.4, -0.2) is 9.38 Å². The highest BCUT2D eigenvalue weighted by molar-refractivity contribution is 7.71. The van der Waals surface area contributed by atoms with Gasteiger partial charge in [0.2, 0.25) is 0 Å². The van der Waals surface area contributed by atoms with Crippen molar-refractivity contribution in [2.75, 3.05) is 0 Å². The molecule has 0 atom stereocenters. The second kappa shape index (κ2) is 4.21. The number of fused-ring (bicyclic) bond motifs is 3. The van der Waals surface area contributed by atoms with Gasteiger partial charge in [-0.25, -0.2) is 4.98 Å². The van der Waals surface area contributed by atoms with Gasteiger partial charge in [-0.2, -0.15) is 0 Å². The molecule has 92 valence electrons. The molecular formula is C14H14N2OS. The molecule has 3 rings (SSSR count). The lowest BCUT2D eigenvalue weighted by Crippen LogP contribution is -1.92. The van der Waals surface area contributed by atoms with Crippen molar-refractivity contribution in [1.82, 2.24) is 9.38 Å². The number of hydrogen-bond donors (Lipinski definition) is 0. The van der Waals surface area contributed by atoms with Crippen molar-refractivity contribution in [2.45, 2.75) is 26.7 Å². The molecule has 18 heavy (non-hydrogen) atoms. The molecule has 0 radical (unpaired) electrons. The van der Waals surface area contributed by atoms with Crippen LogP contribution in [0.15, 0.2) is 28.7 Å². The fourth-order valence-electron chi connectivity index (χ4n) is 2.30. The maximum absolute atomic E-state index is 5.68. The number of aryl methyl sites for hydroxylation is 2. The van der Waals surface area contributed by atoms with Crippen LogP contribution in [0, 0.1) is 11.8 Å². The molecule has 0 unspecified atom stereocenters. The average molecular weight is 258 g/mol. The monoisotopic (exact) mass is 258 g/mol. The smallest absolute Gasteiger partial charge is 0.275 e. The number of imidazole rings is 1. The molecule has 1 aromatic carbocycles. The SMILES string of the molecule is CCCc1nc2c3ccccc3oc(=S)n2c1C. The third kappa shape index (κ3) is 1.56. The van der Waals surface area contributed by atoms with Crippen molar-refractivity contribution < 1.29 is 4.42 Å². The lowest BCUT2D eigenvalue weighted by molar-refractivity contribution is 0.548. The predicted molar refractivity (Wildman–Crippen MR) is 74.5 cm³/mol. The van der Waals surface area contributed by atoms with E-state index in [1.807, 2.05) is 35.6 Å². The molecule has 4 heteroatoms. The minimum atomic E-state index is 0.469. The Kier molecular flexibility index (Phi) is 2.67. The van der Waals surface area contributed by atoms with Crippen LogP contribution < -0.4 is 0 Å². The second-order valence-electron chi connectivity index (χ2n) is 4.42. The summed E-state index contributed by atoms with van der Waals surface area (Å²) in [7, 11) is 0. The molecule has 2 heterocycles. The van der Waals surface area contributed by atoms with Crippen LogP contribution in [0.1, 0.15) is 24.7 Å². The summed E-state index contributed by atoms with van der Waals surface area (Å²) in [5.74, 6) is 0. The van der Waals surface area contributed by atoms with Crippen molar-refractivity contribution in [1.29, 1.82) is 0 Å². The first kappa shape index (κ1) is 11.4. The van der Waals surface area contributed by atoms with Crippen molar-refractivity contribution >= 4 is 28.8 Å². The molecule has 0 N–H and O–H groups in total. The van der Waals surface area contributed by atoms with Crippen LogP contribution in [0.3, 0.4) is 0 Å². The summed E-state index contributed by atoms with van der Waals surface area (Å²) in [6, 6.07) is 7.88. The summed E-state index contributed by atoms with van der Waals surface area (Å²) < 4.78 is 7.62. The van der Waals surface area contributed by atoms with Gasteiger partial charge in [-0.05, 0) is 37.7 Å². The minimum Gasteiger partial charge on any atom is -0.430 e. The van der Waals surface area contributed by atoms with Crippen molar-refractivity contribution in [3.8, 4) is 0 Å². The lowest BCUT2D eigenvalue weighted by Gasteiger charge is -2.00. The molecule has 0 spiro atoms. The number of para-hydroxylation sites is 1. The van der Waals surface area contributed by atoms with Gasteiger partial charge in [0, 0.05) is 5.69 Å². The van der Waals surface area contributed by atoms with E-state index in [-0.39, 0.29) is 0 Å². The van der Waals surface area contributed by atoms with Crippen LogP contribution in [0.4, 0.5) is 0 Å². The molecule has 3 aromatic rings. The van der Waals surface area contributed by atoms with E-state index in [1.54, 1.807) is 0 Å². The molecule has 0 aliphatic carbocycles. The maximum Gasteiger partial charge on any atom is 0.275 e. The number of rotatable bonds is 2. The van der Waals surface area contributed by atoms with Gasteiger partial charge in [-0.1, -0.05) is 25.5 Å². The minimum absolute atomic E-state index is 0.469. The second-order valence-corrected chi connectivity index (χ2v) is 4.77. The largest absolute Gasteiger partial charge is 0.430 e. The van der Waals surface area contributed by atoms with Crippen molar-refractivity contribution in [3.63, 3.8) is 0 Å². The van der Waals surface area contributed by atoms with Gasteiger partial charge in [0.1, 0.15) is 5.58 Å². The van der Waals surface area contributed by atoms with Gasteiger partial charge >= 0.3 is 0 Å². The van der Waals surface area contributed by atoms with Gasteiger partial charge in [0.25, 0.3) is 4.84 Å². The topological polar surface area (TPSA) is 30.4 Å². The molecule has 3 nitrogen and oxygen atoms in total. The molecule has 0 aliphatic rings. The summed E-state index contributed by atoms with van der Waals surface area (Å²) in [6.07, 6.45) is 2.04. The Bertz CT molecular complexity index is 785. The molecule has 0 amide bonds. The Morgan fingerprint density at radius 3 is 2.89 bits per heavy atom. The Morgan fingerprint density at radius 2 is 2.11 bits per heavy atom. The molecular weight excluding hydrogens is 244 g/mol. The van der Waals surface area contributed by atoms with E-state index >= 15 is 0 Å². The molecule has 0 aliphatic heterocycles. The summed E-state index contributed by atoms with van der Waals surface area (Å²) in [4.78, 5) is 5.20. The molecule has 0 saturated carbocycles. The fraction of sp³-hybridized carbons (Fsp3) is 0.286. The Balaban J connectivity index is 2.49. The highest BCUT2D eigenvalue weighted by Gasteiger charge is 2.12. The number of aromatic nitrogens is 2. The van der Waals surface area contributed by atoms with E-state index in [2.05, 4.69) is 6.92 Å². The molecule has 0 bridgehead atoms. The number of benzene rings is 1. The standard InChI is InChI=1S/C14H14N2OS/c1-3-6-11-9(2)16-13(15-11)10-7-4-5-8-12(10)17-14(16)18/h4-5,7-8H,3,6H2,1-2H3. The zero-order valence-electron chi connectivity index (χ0n) is 10.4. The Hall–Kier alpha value is -1.68. The van der Waals surface area contributed by atoms with E-state index in [1.165, 1.54) is 0 Å². The highest BCUT2D eigenvalue weighted by Crippen LogP contribution is 2.23. The van der Waals surface area contributed by atoms with E-state index in [9.17, 15) is 0 Å². The summed E-state index contributed by atoms with van der Waals surface area (Å²) in [6.45, 7) is 4.20. The zero-order chi connectivity index (χ0) is 12.7. The third-order valence-electron chi connectivity index (χ3n) is 3.20. The van der Waals surface area contributed by atoms with Gasteiger partial charge in [-0.3, -0.25) is 4.40 Å². The predicted octanol–water partition coefficient (Wildman–Crippen LogP) is 4.07. The fourth-order valence-corrected chi connectivity index (χ4v) is 2.62. The van der Waals surface area contributed by atoms with E-state index < -0.39 is 0 Å². The third-order valence-corrected chi connectivity index (χ3v) is 3.47. The zero-order valence-corrected chi connectivity index (χ0v) is 11.3. The van der Waals surface area contributed by atoms with Gasteiger partial charge in [-0.15, -0.1) is 0 Å². The summed E-state index contributed by atoms with van der Waals surface area (Å²) >= 11 is 5.32. The van der Waals surface area contributed by atoms with Crippen molar-refractivity contribution in [3.05, 3.63) is 40.5 Å². The van der Waals surface area contributed by atoms with Crippen LogP contribution in [0.2, 0.25) is 0 Å². The van der Waals surface area contributed by atoms with Crippen LogP contribution in [-0.2, 0) is 6.42 Å². The molecule has 0 fully saturated rings. The Morgan fingerprint density at radius 1 is 1.33 bits per heavy atom. The first-order valence-electron chi connectivity index (χ1n) is 6.12. The lowest BCUT2D eigenvalue weighted by atomic mass is 10.2. The summed E-state index contributed by atoms with van der Waals surface area (Å²) in [5, 5.41) is 1.01. The Labute approximate surface area is 110 Å². The van der Waals surface area contributed by atoms with Gasteiger partial charge < -0.3 is 4.42 Å². The first-order valence-corrected chi connectivity index (χ1v) is 6.53.